The maximum Gasteiger partial charge on any atom is 0.354 e. The Morgan fingerprint density at radius 3 is 2.89 bits per heavy atom. The third-order valence-corrected chi connectivity index (χ3v) is 3.59. The zero-order chi connectivity index (χ0) is 13.8. The van der Waals surface area contributed by atoms with Gasteiger partial charge in [-0.25, -0.2) is 9.78 Å². The van der Waals surface area contributed by atoms with Crippen molar-refractivity contribution in [3.8, 4) is 0 Å². The van der Waals surface area contributed by atoms with E-state index in [9.17, 15) is 4.79 Å². The normalized spacial score (nSPS) is 12.3. The number of carbonyl (C=O) groups is 1. The van der Waals surface area contributed by atoms with Crippen LogP contribution in [0.15, 0.2) is 30.3 Å². The summed E-state index contributed by atoms with van der Waals surface area (Å²) in [4.78, 5) is 15.3. The largest absolute Gasteiger partial charge is 0.477 e. The van der Waals surface area contributed by atoms with Gasteiger partial charge in [-0.05, 0) is 25.3 Å². The van der Waals surface area contributed by atoms with Crippen LogP contribution in [0.2, 0.25) is 0 Å². The number of aromatic carboxylic acids is 1. The Bertz CT molecular complexity index is 601. The summed E-state index contributed by atoms with van der Waals surface area (Å²) in [5.74, 6) is -0.0506. The number of rotatable bonds is 5. The second kappa shape index (κ2) is 5.93. The average molecular weight is 276 g/mol. The molecule has 1 unspecified atom stereocenters. The number of hydrogen-bond donors (Lipinski definition) is 2. The van der Waals surface area contributed by atoms with Gasteiger partial charge in [0.15, 0.2) is 5.69 Å². The van der Waals surface area contributed by atoms with Crippen LogP contribution in [0.3, 0.4) is 0 Å². The van der Waals surface area contributed by atoms with E-state index in [1.807, 2.05) is 30.5 Å². The maximum atomic E-state index is 11.1. The van der Waals surface area contributed by atoms with E-state index in [1.165, 1.54) is 0 Å². The molecule has 100 valence electrons. The van der Waals surface area contributed by atoms with Gasteiger partial charge in [0.05, 0.1) is 5.52 Å². The van der Waals surface area contributed by atoms with Gasteiger partial charge in [0.2, 0.25) is 0 Å². The van der Waals surface area contributed by atoms with Crippen LogP contribution < -0.4 is 5.32 Å². The zero-order valence-electron chi connectivity index (χ0n) is 10.9. The molecular formula is C14H16N2O2S. The molecule has 0 aliphatic rings. The maximum absolute atomic E-state index is 11.1. The van der Waals surface area contributed by atoms with Crippen LogP contribution in [0.25, 0.3) is 10.9 Å². The van der Waals surface area contributed by atoms with Crippen molar-refractivity contribution in [3.63, 3.8) is 0 Å². The predicted molar refractivity (Wildman–Crippen MR) is 80.2 cm³/mol. The molecule has 0 fully saturated rings. The summed E-state index contributed by atoms with van der Waals surface area (Å²) in [5, 5.41) is 13.4. The first kappa shape index (κ1) is 13.7. The summed E-state index contributed by atoms with van der Waals surface area (Å²) < 4.78 is 0. The van der Waals surface area contributed by atoms with Crippen molar-refractivity contribution >= 4 is 34.3 Å². The Hall–Kier alpha value is -1.75. The van der Waals surface area contributed by atoms with Gasteiger partial charge >= 0.3 is 5.97 Å². The van der Waals surface area contributed by atoms with Crippen LogP contribution in [0.5, 0.6) is 0 Å². The molecule has 0 aliphatic carbocycles. The number of aromatic nitrogens is 1. The number of hydrogen-bond acceptors (Lipinski definition) is 4. The lowest BCUT2D eigenvalue weighted by atomic mass is 10.1. The Morgan fingerprint density at radius 2 is 2.21 bits per heavy atom. The van der Waals surface area contributed by atoms with Crippen LogP contribution in [0.4, 0.5) is 5.69 Å². The van der Waals surface area contributed by atoms with Crippen molar-refractivity contribution in [1.29, 1.82) is 0 Å². The molecule has 1 atom stereocenters. The highest BCUT2D eigenvalue weighted by atomic mass is 32.2. The molecule has 1 aromatic carbocycles. The first-order chi connectivity index (χ1) is 9.11. The number of para-hydroxylation sites is 1. The van der Waals surface area contributed by atoms with Crippen molar-refractivity contribution in [2.75, 3.05) is 17.3 Å². The van der Waals surface area contributed by atoms with Crippen molar-refractivity contribution in [2.45, 2.75) is 13.0 Å². The molecule has 4 nitrogen and oxygen atoms in total. The first-order valence-corrected chi connectivity index (χ1v) is 7.39. The van der Waals surface area contributed by atoms with Crippen LogP contribution in [-0.2, 0) is 0 Å². The molecule has 1 aromatic heterocycles. The van der Waals surface area contributed by atoms with Gasteiger partial charge in [0, 0.05) is 22.9 Å². The third kappa shape index (κ3) is 3.17. The molecule has 0 aliphatic heterocycles. The van der Waals surface area contributed by atoms with Crippen molar-refractivity contribution in [1.82, 2.24) is 4.98 Å². The van der Waals surface area contributed by atoms with Gasteiger partial charge in [0.1, 0.15) is 0 Å². The van der Waals surface area contributed by atoms with E-state index in [2.05, 4.69) is 17.2 Å². The molecule has 2 rings (SSSR count). The number of nitrogens with one attached hydrogen (secondary N) is 1. The SMILES string of the molecule is CSCC(C)Nc1cc(C(=O)O)nc2ccccc12. The lowest BCUT2D eigenvalue weighted by Crippen LogP contribution is -2.18. The second-order valence-electron chi connectivity index (χ2n) is 4.38. The smallest absolute Gasteiger partial charge is 0.354 e. The third-order valence-electron chi connectivity index (χ3n) is 2.75. The zero-order valence-corrected chi connectivity index (χ0v) is 11.7. The fraction of sp³-hybridized carbons (Fsp3) is 0.286. The van der Waals surface area contributed by atoms with E-state index in [4.69, 9.17) is 5.11 Å². The summed E-state index contributed by atoms with van der Waals surface area (Å²) >= 11 is 1.75. The lowest BCUT2D eigenvalue weighted by Gasteiger charge is -2.16. The molecule has 5 heteroatoms. The molecule has 0 saturated carbocycles. The number of anilines is 1. The fourth-order valence-electron chi connectivity index (χ4n) is 1.96. The Balaban J connectivity index is 2.47. The molecule has 0 spiro atoms. The number of nitrogens with zero attached hydrogens (tertiary/aromatic N) is 1. The van der Waals surface area contributed by atoms with Crippen LogP contribution in [-0.4, -0.2) is 34.1 Å². The second-order valence-corrected chi connectivity index (χ2v) is 5.29. The van der Waals surface area contributed by atoms with Crippen molar-refractivity contribution < 1.29 is 9.90 Å². The predicted octanol–water partition coefficient (Wildman–Crippen LogP) is 3.10. The summed E-state index contributed by atoms with van der Waals surface area (Å²) in [5.41, 5.74) is 1.59. The summed E-state index contributed by atoms with van der Waals surface area (Å²) in [6.07, 6.45) is 2.05. The monoisotopic (exact) mass is 276 g/mol. The molecule has 19 heavy (non-hydrogen) atoms. The van der Waals surface area contributed by atoms with Crippen LogP contribution >= 0.6 is 11.8 Å². The molecule has 2 aromatic rings. The Morgan fingerprint density at radius 1 is 1.47 bits per heavy atom. The summed E-state index contributed by atoms with van der Waals surface area (Å²) in [7, 11) is 0. The molecule has 0 bridgehead atoms. The van der Waals surface area contributed by atoms with E-state index < -0.39 is 5.97 Å². The molecule has 2 N–H and O–H groups in total. The first-order valence-electron chi connectivity index (χ1n) is 6.00. The summed E-state index contributed by atoms with van der Waals surface area (Å²) in [6, 6.07) is 9.42. The minimum atomic E-state index is -1.01. The standard InChI is InChI=1S/C14H16N2O2S/c1-9(8-19-2)15-12-7-13(14(17)18)16-11-6-4-3-5-10(11)12/h3-7,9H,8H2,1-2H3,(H,15,16)(H,17,18). The minimum Gasteiger partial charge on any atom is -0.477 e. The molecular weight excluding hydrogens is 260 g/mol. The Labute approximate surface area is 116 Å². The van der Waals surface area contributed by atoms with Crippen molar-refractivity contribution in [3.05, 3.63) is 36.0 Å². The minimum absolute atomic E-state index is 0.0672. The van der Waals surface area contributed by atoms with E-state index in [0.29, 0.717) is 5.52 Å². The lowest BCUT2D eigenvalue weighted by molar-refractivity contribution is 0.0691. The van der Waals surface area contributed by atoms with Gasteiger partial charge in [-0.2, -0.15) is 11.8 Å². The van der Waals surface area contributed by atoms with Crippen molar-refractivity contribution in [2.24, 2.45) is 0 Å². The van der Waals surface area contributed by atoms with E-state index in [-0.39, 0.29) is 11.7 Å². The number of pyridine rings is 1. The van der Waals surface area contributed by atoms with Crippen LogP contribution in [0, 0.1) is 0 Å². The Kier molecular flexibility index (Phi) is 4.27. The van der Waals surface area contributed by atoms with E-state index >= 15 is 0 Å². The summed E-state index contributed by atoms with van der Waals surface area (Å²) in [6.45, 7) is 2.08. The fourth-order valence-corrected chi connectivity index (χ4v) is 2.54. The average Bonchev–Trinajstić information content (AvgIpc) is 2.38. The number of fused-ring (bicyclic) bond motifs is 1. The van der Waals surface area contributed by atoms with Gasteiger partial charge in [-0.3, -0.25) is 0 Å². The van der Waals surface area contributed by atoms with Gasteiger partial charge in [0.25, 0.3) is 0 Å². The van der Waals surface area contributed by atoms with Gasteiger partial charge in [-0.1, -0.05) is 18.2 Å². The number of carboxylic acid groups (broad SMARTS) is 1. The molecule has 0 radical (unpaired) electrons. The molecule has 0 amide bonds. The highest BCUT2D eigenvalue weighted by molar-refractivity contribution is 7.98. The van der Waals surface area contributed by atoms with Crippen LogP contribution in [0.1, 0.15) is 17.4 Å². The van der Waals surface area contributed by atoms with Gasteiger partial charge < -0.3 is 10.4 Å². The quantitative estimate of drug-likeness (QED) is 0.878. The topological polar surface area (TPSA) is 62.2 Å². The highest BCUT2D eigenvalue weighted by Gasteiger charge is 2.12. The number of thioether (sulfide) groups is 1. The molecule has 0 saturated heterocycles. The van der Waals surface area contributed by atoms with Gasteiger partial charge in [-0.15, -0.1) is 0 Å². The number of carboxylic acids is 1. The molecule has 1 heterocycles. The van der Waals surface area contributed by atoms with E-state index in [0.717, 1.165) is 16.8 Å². The number of benzene rings is 1. The van der Waals surface area contributed by atoms with E-state index in [1.54, 1.807) is 17.8 Å². The highest BCUT2D eigenvalue weighted by Crippen LogP contribution is 2.24.